The molecule has 1 saturated heterocycles. The predicted molar refractivity (Wildman–Crippen MR) is 43.7 cm³/mol. The van der Waals surface area contributed by atoms with Crippen molar-refractivity contribution in [3.63, 3.8) is 0 Å². The van der Waals surface area contributed by atoms with E-state index in [0.29, 0.717) is 19.7 Å². The Labute approximate surface area is 72.1 Å². The topological polar surface area (TPSA) is 49.8 Å². The standard InChI is InChI=1S/C8H15NO3/c1-2-12-8(11)6-9-4-3-7(10)5-9/h7,10H,2-6H2,1H3. The van der Waals surface area contributed by atoms with Crippen molar-refractivity contribution in [1.82, 2.24) is 4.90 Å². The maximum absolute atomic E-state index is 11.0. The minimum Gasteiger partial charge on any atom is -0.465 e. The van der Waals surface area contributed by atoms with Gasteiger partial charge in [-0.2, -0.15) is 0 Å². The van der Waals surface area contributed by atoms with Crippen molar-refractivity contribution >= 4 is 5.97 Å². The van der Waals surface area contributed by atoms with Crippen LogP contribution in [-0.2, 0) is 9.53 Å². The largest absolute Gasteiger partial charge is 0.465 e. The lowest BCUT2D eigenvalue weighted by molar-refractivity contribution is -0.144. The molecule has 0 aromatic rings. The van der Waals surface area contributed by atoms with E-state index in [4.69, 9.17) is 9.84 Å². The van der Waals surface area contributed by atoms with Gasteiger partial charge in [0.05, 0.1) is 19.3 Å². The molecular formula is C8H15NO3. The van der Waals surface area contributed by atoms with Gasteiger partial charge >= 0.3 is 5.97 Å². The number of aliphatic hydroxyl groups excluding tert-OH is 1. The van der Waals surface area contributed by atoms with Crippen molar-refractivity contribution in [2.24, 2.45) is 0 Å². The first-order valence-corrected chi connectivity index (χ1v) is 4.28. The van der Waals surface area contributed by atoms with Crippen molar-refractivity contribution in [1.29, 1.82) is 0 Å². The third-order valence-electron chi connectivity index (χ3n) is 1.91. The maximum atomic E-state index is 11.0. The summed E-state index contributed by atoms with van der Waals surface area (Å²) >= 11 is 0. The molecule has 0 bridgehead atoms. The molecule has 4 nitrogen and oxygen atoms in total. The Bertz CT molecular complexity index is 160. The molecule has 0 saturated carbocycles. The first-order chi connectivity index (χ1) is 5.72. The first kappa shape index (κ1) is 9.48. The molecule has 1 unspecified atom stereocenters. The molecule has 1 heterocycles. The van der Waals surface area contributed by atoms with Gasteiger partial charge in [-0.05, 0) is 13.3 Å². The van der Waals surface area contributed by atoms with Crippen LogP contribution >= 0.6 is 0 Å². The highest BCUT2D eigenvalue weighted by molar-refractivity contribution is 5.71. The molecule has 1 fully saturated rings. The van der Waals surface area contributed by atoms with Crippen molar-refractivity contribution < 1.29 is 14.6 Å². The van der Waals surface area contributed by atoms with Crippen LogP contribution in [0.5, 0.6) is 0 Å². The van der Waals surface area contributed by atoms with Crippen LogP contribution in [-0.4, -0.2) is 48.3 Å². The average Bonchev–Trinajstić information content (AvgIpc) is 2.36. The van der Waals surface area contributed by atoms with Crippen LogP contribution in [0, 0.1) is 0 Å². The normalized spacial score (nSPS) is 24.3. The van der Waals surface area contributed by atoms with Crippen molar-refractivity contribution in [2.45, 2.75) is 19.4 Å². The number of rotatable bonds is 3. The van der Waals surface area contributed by atoms with Crippen LogP contribution in [0.3, 0.4) is 0 Å². The zero-order chi connectivity index (χ0) is 8.97. The minimum atomic E-state index is -0.264. The zero-order valence-electron chi connectivity index (χ0n) is 7.32. The molecule has 0 amide bonds. The number of nitrogens with zero attached hydrogens (tertiary/aromatic N) is 1. The van der Waals surface area contributed by atoms with Gasteiger partial charge in [-0.3, -0.25) is 9.69 Å². The number of hydrogen-bond donors (Lipinski definition) is 1. The van der Waals surface area contributed by atoms with E-state index >= 15 is 0 Å². The molecular weight excluding hydrogens is 158 g/mol. The van der Waals surface area contributed by atoms with Gasteiger partial charge in [0.25, 0.3) is 0 Å². The fourth-order valence-electron chi connectivity index (χ4n) is 1.35. The molecule has 1 aliphatic heterocycles. The number of β-amino-alcohol motifs (C(OH)–C–C–N with tert-alkyl or cyclic N) is 1. The monoisotopic (exact) mass is 173 g/mol. The van der Waals surface area contributed by atoms with Gasteiger partial charge in [0.1, 0.15) is 0 Å². The molecule has 0 radical (unpaired) electrons. The maximum Gasteiger partial charge on any atom is 0.320 e. The lowest BCUT2D eigenvalue weighted by Crippen LogP contribution is -2.29. The van der Waals surface area contributed by atoms with Gasteiger partial charge in [-0.15, -0.1) is 0 Å². The SMILES string of the molecule is CCOC(=O)CN1CCC(O)C1. The summed E-state index contributed by atoms with van der Waals surface area (Å²) < 4.78 is 4.78. The highest BCUT2D eigenvalue weighted by Gasteiger charge is 2.22. The van der Waals surface area contributed by atoms with Gasteiger partial charge in [-0.1, -0.05) is 0 Å². The molecule has 1 rings (SSSR count). The summed E-state index contributed by atoms with van der Waals surface area (Å²) in [6, 6.07) is 0. The molecule has 0 aromatic heterocycles. The number of aliphatic hydroxyl groups is 1. The Morgan fingerprint density at radius 1 is 1.75 bits per heavy atom. The van der Waals surface area contributed by atoms with E-state index in [-0.39, 0.29) is 12.1 Å². The van der Waals surface area contributed by atoms with Crippen molar-refractivity contribution in [3.05, 3.63) is 0 Å². The number of ether oxygens (including phenoxy) is 1. The average molecular weight is 173 g/mol. The highest BCUT2D eigenvalue weighted by atomic mass is 16.5. The summed E-state index contributed by atoms with van der Waals surface area (Å²) in [5.41, 5.74) is 0. The van der Waals surface area contributed by atoms with Gasteiger partial charge < -0.3 is 9.84 Å². The third kappa shape index (κ3) is 2.79. The van der Waals surface area contributed by atoms with E-state index in [2.05, 4.69) is 0 Å². The van der Waals surface area contributed by atoms with E-state index in [9.17, 15) is 4.79 Å². The number of hydrogen-bond acceptors (Lipinski definition) is 4. The molecule has 0 aliphatic carbocycles. The summed E-state index contributed by atoms with van der Waals surface area (Å²) in [7, 11) is 0. The lowest BCUT2D eigenvalue weighted by atomic mass is 10.3. The Morgan fingerprint density at radius 2 is 2.50 bits per heavy atom. The molecule has 1 N–H and O–H groups in total. The summed E-state index contributed by atoms with van der Waals surface area (Å²) in [6.07, 6.45) is 0.499. The second-order valence-electron chi connectivity index (χ2n) is 2.98. The van der Waals surface area contributed by atoms with E-state index in [0.717, 1.165) is 13.0 Å². The molecule has 1 atom stereocenters. The van der Waals surface area contributed by atoms with Gasteiger partial charge in [0.2, 0.25) is 0 Å². The number of carbonyl (C=O) groups excluding carboxylic acids is 1. The van der Waals surface area contributed by atoms with E-state index < -0.39 is 0 Å². The second-order valence-corrected chi connectivity index (χ2v) is 2.98. The van der Waals surface area contributed by atoms with Crippen LogP contribution in [0.4, 0.5) is 0 Å². The van der Waals surface area contributed by atoms with Gasteiger partial charge in [0, 0.05) is 13.1 Å². The van der Waals surface area contributed by atoms with Crippen molar-refractivity contribution in [3.8, 4) is 0 Å². The van der Waals surface area contributed by atoms with Gasteiger partial charge in [0.15, 0.2) is 0 Å². The lowest BCUT2D eigenvalue weighted by Gasteiger charge is -2.12. The Hall–Kier alpha value is -0.610. The minimum absolute atomic E-state index is 0.202. The zero-order valence-corrected chi connectivity index (χ0v) is 7.32. The summed E-state index contributed by atoms with van der Waals surface area (Å²) in [5.74, 6) is -0.202. The van der Waals surface area contributed by atoms with E-state index in [1.54, 1.807) is 6.92 Å². The quantitative estimate of drug-likeness (QED) is 0.591. The first-order valence-electron chi connectivity index (χ1n) is 4.28. The summed E-state index contributed by atoms with van der Waals surface area (Å²) in [4.78, 5) is 12.9. The fourth-order valence-corrected chi connectivity index (χ4v) is 1.35. The number of likely N-dealkylation sites (tertiary alicyclic amines) is 1. The van der Waals surface area contributed by atoms with Crippen LogP contribution < -0.4 is 0 Å². The number of carbonyl (C=O) groups is 1. The highest BCUT2D eigenvalue weighted by Crippen LogP contribution is 2.07. The van der Waals surface area contributed by atoms with E-state index in [1.807, 2.05) is 4.90 Å². The molecule has 1 aliphatic rings. The van der Waals surface area contributed by atoms with Crippen LogP contribution in [0.15, 0.2) is 0 Å². The summed E-state index contributed by atoms with van der Waals surface area (Å²) in [5, 5.41) is 9.15. The van der Waals surface area contributed by atoms with Crippen molar-refractivity contribution in [2.75, 3.05) is 26.2 Å². The Balaban J connectivity index is 2.18. The summed E-state index contributed by atoms with van der Waals surface area (Å²) in [6.45, 7) is 3.91. The fraction of sp³-hybridized carbons (Fsp3) is 0.875. The Morgan fingerprint density at radius 3 is 3.00 bits per heavy atom. The van der Waals surface area contributed by atoms with Crippen LogP contribution in [0.25, 0.3) is 0 Å². The van der Waals surface area contributed by atoms with E-state index in [1.165, 1.54) is 0 Å². The Kier molecular flexibility index (Phi) is 3.49. The third-order valence-corrected chi connectivity index (χ3v) is 1.91. The second kappa shape index (κ2) is 4.42. The molecule has 4 heteroatoms. The van der Waals surface area contributed by atoms with Gasteiger partial charge in [-0.25, -0.2) is 0 Å². The molecule has 70 valence electrons. The number of esters is 1. The molecule has 0 spiro atoms. The van der Waals surface area contributed by atoms with Crippen LogP contribution in [0.1, 0.15) is 13.3 Å². The predicted octanol–water partition coefficient (Wildman–Crippen LogP) is -0.384. The smallest absolute Gasteiger partial charge is 0.320 e. The molecule has 12 heavy (non-hydrogen) atoms. The van der Waals surface area contributed by atoms with Crippen LogP contribution in [0.2, 0.25) is 0 Å². The molecule has 0 aromatic carbocycles.